The second-order valence-corrected chi connectivity index (χ2v) is 9.83. The minimum atomic E-state index is -3.39. The van der Waals surface area contributed by atoms with Crippen molar-refractivity contribution in [1.29, 1.82) is 0 Å². The van der Waals surface area contributed by atoms with Gasteiger partial charge < -0.3 is 14.5 Å². The number of nitrogens with zero attached hydrogens (tertiary/aromatic N) is 4. The van der Waals surface area contributed by atoms with Gasteiger partial charge in [0.1, 0.15) is 29.3 Å². The number of rotatable bonds is 8. The first-order valence-corrected chi connectivity index (χ1v) is 12.5. The highest BCUT2D eigenvalue weighted by molar-refractivity contribution is 7.91. The van der Waals surface area contributed by atoms with E-state index in [0.29, 0.717) is 46.4 Å². The zero-order valence-corrected chi connectivity index (χ0v) is 19.6. The molecule has 0 amide bonds. The number of aromatic nitrogens is 5. The van der Waals surface area contributed by atoms with Crippen molar-refractivity contribution >= 4 is 20.9 Å². The van der Waals surface area contributed by atoms with E-state index in [0.717, 1.165) is 5.56 Å². The second kappa shape index (κ2) is 9.51. The first-order valence-electron chi connectivity index (χ1n) is 10.9. The fraction of sp³-hybridized carbons (Fsp3) is 0.120. The standard InChI is InChI=1S/C25H21N5O4S/c1-2-35(31,32)23-9-8-18(14-28-23)34-19-12-20-24(30-25(29-20)21-15-26-10-11-27-21)22(13-19)33-16-17-6-4-3-5-7-17/h3-15H,2,16H2,1H3,(H,29,30). The van der Waals surface area contributed by atoms with Gasteiger partial charge in [0.2, 0.25) is 0 Å². The van der Waals surface area contributed by atoms with E-state index in [-0.39, 0.29) is 10.8 Å². The number of benzene rings is 2. The molecule has 0 bridgehead atoms. The van der Waals surface area contributed by atoms with Crippen molar-refractivity contribution in [2.45, 2.75) is 18.6 Å². The molecule has 3 aromatic heterocycles. The Balaban J connectivity index is 1.49. The van der Waals surface area contributed by atoms with Crippen molar-refractivity contribution in [3.05, 3.63) is 84.9 Å². The largest absolute Gasteiger partial charge is 0.486 e. The van der Waals surface area contributed by atoms with Crippen LogP contribution in [0.2, 0.25) is 0 Å². The molecule has 0 aliphatic rings. The molecule has 0 saturated heterocycles. The van der Waals surface area contributed by atoms with Gasteiger partial charge in [0, 0.05) is 24.5 Å². The third-order valence-electron chi connectivity index (χ3n) is 5.21. The Labute approximate surface area is 201 Å². The minimum absolute atomic E-state index is 0.0110. The van der Waals surface area contributed by atoms with Crippen LogP contribution in [0, 0.1) is 0 Å². The molecule has 0 aliphatic carbocycles. The molecule has 0 unspecified atom stereocenters. The topological polar surface area (TPSA) is 120 Å². The average molecular weight is 488 g/mol. The lowest BCUT2D eigenvalue weighted by Gasteiger charge is -2.11. The third kappa shape index (κ3) is 4.97. The molecule has 0 radical (unpaired) electrons. The summed E-state index contributed by atoms with van der Waals surface area (Å²) in [5.74, 6) is 1.91. The van der Waals surface area contributed by atoms with Gasteiger partial charge in [-0.3, -0.25) is 4.98 Å². The van der Waals surface area contributed by atoms with Crippen LogP contribution in [0.25, 0.3) is 22.6 Å². The lowest BCUT2D eigenvalue weighted by Crippen LogP contribution is -2.05. The summed E-state index contributed by atoms with van der Waals surface area (Å²) < 4.78 is 36.2. The van der Waals surface area contributed by atoms with Crippen LogP contribution < -0.4 is 9.47 Å². The molecule has 5 aromatic rings. The van der Waals surface area contributed by atoms with Crippen LogP contribution in [-0.4, -0.2) is 39.1 Å². The number of pyridine rings is 1. The predicted octanol–water partition coefficient (Wildman–Crippen LogP) is 4.58. The summed E-state index contributed by atoms with van der Waals surface area (Å²) >= 11 is 0. The van der Waals surface area contributed by atoms with E-state index in [9.17, 15) is 8.42 Å². The Morgan fingerprint density at radius 1 is 0.943 bits per heavy atom. The van der Waals surface area contributed by atoms with E-state index in [1.165, 1.54) is 12.3 Å². The molecule has 0 atom stereocenters. The van der Waals surface area contributed by atoms with Crippen molar-refractivity contribution in [1.82, 2.24) is 24.9 Å². The van der Waals surface area contributed by atoms with Gasteiger partial charge >= 0.3 is 0 Å². The highest BCUT2D eigenvalue weighted by atomic mass is 32.2. The number of aromatic amines is 1. The first-order chi connectivity index (χ1) is 17.0. The average Bonchev–Trinajstić information content (AvgIpc) is 3.33. The molecule has 35 heavy (non-hydrogen) atoms. The smallest absolute Gasteiger partial charge is 0.195 e. The summed E-state index contributed by atoms with van der Waals surface area (Å²) in [6.45, 7) is 1.92. The van der Waals surface area contributed by atoms with Gasteiger partial charge in [-0.25, -0.2) is 23.4 Å². The van der Waals surface area contributed by atoms with Crippen LogP contribution >= 0.6 is 0 Å². The summed E-state index contributed by atoms with van der Waals surface area (Å²) in [6.07, 6.45) is 6.20. The molecule has 2 aromatic carbocycles. The Kier molecular flexibility index (Phi) is 6.11. The van der Waals surface area contributed by atoms with Crippen molar-refractivity contribution in [2.75, 3.05) is 5.75 Å². The zero-order chi connectivity index (χ0) is 24.3. The fourth-order valence-corrected chi connectivity index (χ4v) is 4.19. The van der Waals surface area contributed by atoms with Gasteiger partial charge in [-0.1, -0.05) is 37.3 Å². The van der Waals surface area contributed by atoms with Gasteiger partial charge in [-0.05, 0) is 17.7 Å². The predicted molar refractivity (Wildman–Crippen MR) is 130 cm³/mol. The van der Waals surface area contributed by atoms with E-state index in [1.807, 2.05) is 30.3 Å². The number of H-pyrrole nitrogens is 1. The fourth-order valence-electron chi connectivity index (χ4n) is 3.40. The van der Waals surface area contributed by atoms with Crippen molar-refractivity contribution in [3.8, 4) is 28.8 Å². The highest BCUT2D eigenvalue weighted by Crippen LogP contribution is 2.34. The highest BCUT2D eigenvalue weighted by Gasteiger charge is 2.16. The van der Waals surface area contributed by atoms with E-state index in [4.69, 9.17) is 9.47 Å². The third-order valence-corrected chi connectivity index (χ3v) is 6.85. The van der Waals surface area contributed by atoms with E-state index < -0.39 is 9.84 Å². The first kappa shape index (κ1) is 22.5. The Hall–Kier alpha value is -4.31. The Bertz CT molecular complexity index is 1550. The minimum Gasteiger partial charge on any atom is -0.486 e. The van der Waals surface area contributed by atoms with Crippen molar-refractivity contribution < 1.29 is 17.9 Å². The lowest BCUT2D eigenvalue weighted by molar-refractivity contribution is 0.308. The van der Waals surface area contributed by atoms with Gasteiger partial charge in [0.05, 0.1) is 23.7 Å². The number of hydrogen-bond donors (Lipinski definition) is 1. The summed E-state index contributed by atoms with van der Waals surface area (Å²) in [5, 5.41) is 0.0110. The van der Waals surface area contributed by atoms with Crippen LogP contribution in [0.1, 0.15) is 12.5 Å². The number of ether oxygens (including phenoxy) is 2. The maximum atomic E-state index is 12.0. The molecular formula is C25H21N5O4S. The summed E-state index contributed by atoms with van der Waals surface area (Å²) in [6, 6.07) is 16.3. The zero-order valence-electron chi connectivity index (χ0n) is 18.7. The SMILES string of the molecule is CCS(=O)(=O)c1ccc(Oc2cc(OCc3ccccc3)c3nc(-c4cnccn4)[nH]c3c2)cn1. The van der Waals surface area contributed by atoms with Crippen LogP contribution in [0.15, 0.2) is 84.4 Å². The van der Waals surface area contributed by atoms with Gasteiger partial charge in [0.15, 0.2) is 26.4 Å². The van der Waals surface area contributed by atoms with Gasteiger partial charge in [-0.15, -0.1) is 0 Å². The number of imidazole rings is 1. The van der Waals surface area contributed by atoms with Gasteiger partial charge in [0.25, 0.3) is 0 Å². The van der Waals surface area contributed by atoms with Crippen LogP contribution in [0.3, 0.4) is 0 Å². The number of nitrogens with one attached hydrogen (secondary N) is 1. The van der Waals surface area contributed by atoms with Crippen molar-refractivity contribution in [2.24, 2.45) is 0 Å². The monoisotopic (exact) mass is 487 g/mol. The number of fused-ring (bicyclic) bond motifs is 1. The van der Waals surface area contributed by atoms with Crippen LogP contribution in [0.5, 0.6) is 17.2 Å². The molecule has 0 spiro atoms. The van der Waals surface area contributed by atoms with Gasteiger partial charge in [-0.2, -0.15) is 0 Å². The number of hydrogen-bond acceptors (Lipinski definition) is 8. The molecule has 0 aliphatic heterocycles. The quantitative estimate of drug-likeness (QED) is 0.338. The Morgan fingerprint density at radius 2 is 1.80 bits per heavy atom. The van der Waals surface area contributed by atoms with Crippen LogP contribution in [-0.2, 0) is 16.4 Å². The van der Waals surface area contributed by atoms with E-state index >= 15 is 0 Å². The molecule has 5 rings (SSSR count). The molecule has 0 saturated carbocycles. The number of sulfone groups is 1. The molecule has 176 valence electrons. The summed E-state index contributed by atoms with van der Waals surface area (Å²) in [7, 11) is -3.39. The van der Waals surface area contributed by atoms with E-state index in [1.54, 1.807) is 43.7 Å². The van der Waals surface area contributed by atoms with E-state index in [2.05, 4.69) is 24.9 Å². The lowest BCUT2D eigenvalue weighted by atomic mass is 10.2. The molecule has 10 heteroatoms. The summed E-state index contributed by atoms with van der Waals surface area (Å²) in [5.41, 5.74) is 2.91. The normalized spacial score (nSPS) is 11.5. The molecule has 1 N–H and O–H groups in total. The molecule has 3 heterocycles. The molecular weight excluding hydrogens is 466 g/mol. The second-order valence-electron chi connectivity index (χ2n) is 7.61. The maximum Gasteiger partial charge on any atom is 0.195 e. The maximum absolute atomic E-state index is 12.0. The van der Waals surface area contributed by atoms with Crippen molar-refractivity contribution in [3.63, 3.8) is 0 Å². The Morgan fingerprint density at radius 3 is 2.51 bits per heavy atom. The van der Waals surface area contributed by atoms with Crippen LogP contribution in [0.4, 0.5) is 0 Å². The molecule has 9 nitrogen and oxygen atoms in total. The summed E-state index contributed by atoms with van der Waals surface area (Å²) in [4.78, 5) is 20.4. The molecule has 0 fully saturated rings.